The van der Waals surface area contributed by atoms with E-state index in [1.165, 1.54) is 0 Å². The molecule has 1 heterocycles. The van der Waals surface area contributed by atoms with Gasteiger partial charge in [0.15, 0.2) is 0 Å². The zero-order chi connectivity index (χ0) is 19.2. The number of urea groups is 1. The molecule has 3 amide bonds. The fourth-order valence-corrected chi connectivity index (χ4v) is 3.09. The van der Waals surface area contributed by atoms with E-state index in [0.717, 1.165) is 11.3 Å². The van der Waals surface area contributed by atoms with E-state index < -0.39 is 0 Å². The van der Waals surface area contributed by atoms with Gasteiger partial charge in [-0.1, -0.05) is 35.9 Å². The molecule has 0 bridgehead atoms. The molecule has 142 valence electrons. The van der Waals surface area contributed by atoms with Gasteiger partial charge in [-0.05, 0) is 36.8 Å². The van der Waals surface area contributed by atoms with Crippen LogP contribution in [0.5, 0.6) is 0 Å². The summed E-state index contributed by atoms with van der Waals surface area (Å²) in [5.41, 5.74) is 2.44. The Kier molecular flexibility index (Phi) is 6.32. The number of amides is 3. The maximum atomic E-state index is 12.4. The maximum Gasteiger partial charge on any atom is 0.321 e. The van der Waals surface area contributed by atoms with Crippen molar-refractivity contribution in [2.24, 2.45) is 0 Å². The minimum atomic E-state index is -0.150. The van der Waals surface area contributed by atoms with Gasteiger partial charge in [0.2, 0.25) is 5.91 Å². The van der Waals surface area contributed by atoms with Crippen LogP contribution < -0.4 is 10.6 Å². The zero-order valence-electron chi connectivity index (χ0n) is 15.2. The van der Waals surface area contributed by atoms with Crippen LogP contribution in [0, 0.1) is 6.92 Å². The molecule has 0 aromatic heterocycles. The molecule has 1 aliphatic rings. The van der Waals surface area contributed by atoms with Gasteiger partial charge in [0.1, 0.15) is 0 Å². The average Bonchev–Trinajstić information content (AvgIpc) is 2.66. The first-order chi connectivity index (χ1) is 13.0. The summed E-state index contributed by atoms with van der Waals surface area (Å²) in [5, 5.41) is 6.38. The minimum absolute atomic E-state index is 0.0478. The van der Waals surface area contributed by atoms with Gasteiger partial charge in [0.05, 0.1) is 6.54 Å². The first-order valence-electron chi connectivity index (χ1n) is 8.90. The second kappa shape index (κ2) is 8.88. The first-order valence-corrected chi connectivity index (χ1v) is 9.28. The molecule has 1 aliphatic heterocycles. The lowest BCUT2D eigenvalue weighted by Gasteiger charge is -2.34. The van der Waals surface area contributed by atoms with Crippen molar-refractivity contribution in [1.29, 1.82) is 0 Å². The zero-order valence-corrected chi connectivity index (χ0v) is 16.0. The van der Waals surface area contributed by atoms with Gasteiger partial charge in [0, 0.05) is 42.6 Å². The summed E-state index contributed by atoms with van der Waals surface area (Å²) in [6.07, 6.45) is 0. The molecule has 3 rings (SSSR count). The molecule has 2 N–H and O–H groups in total. The van der Waals surface area contributed by atoms with Crippen LogP contribution in [0.4, 0.5) is 16.2 Å². The number of benzene rings is 2. The van der Waals surface area contributed by atoms with Crippen LogP contribution in [-0.2, 0) is 4.79 Å². The largest absolute Gasteiger partial charge is 0.325 e. The van der Waals surface area contributed by atoms with E-state index in [9.17, 15) is 9.59 Å². The topological polar surface area (TPSA) is 64.7 Å². The Labute approximate surface area is 164 Å². The minimum Gasteiger partial charge on any atom is -0.325 e. The number of piperazine rings is 1. The quantitative estimate of drug-likeness (QED) is 0.846. The third-order valence-electron chi connectivity index (χ3n) is 4.51. The summed E-state index contributed by atoms with van der Waals surface area (Å²) >= 11 is 6.10. The fraction of sp³-hybridized carbons (Fsp3) is 0.300. The number of anilines is 2. The molecule has 0 saturated carbocycles. The summed E-state index contributed by atoms with van der Waals surface area (Å²) in [5.74, 6) is -0.0478. The van der Waals surface area contributed by atoms with E-state index in [2.05, 4.69) is 10.6 Å². The van der Waals surface area contributed by atoms with Crippen LogP contribution in [0.15, 0.2) is 48.5 Å². The van der Waals surface area contributed by atoms with Crippen LogP contribution in [0.1, 0.15) is 5.56 Å². The van der Waals surface area contributed by atoms with Crippen LogP contribution in [0.3, 0.4) is 0 Å². The number of aryl methyl sites for hydroxylation is 1. The first kappa shape index (κ1) is 19.2. The van der Waals surface area contributed by atoms with Gasteiger partial charge in [-0.2, -0.15) is 0 Å². The van der Waals surface area contributed by atoms with E-state index in [1.807, 2.05) is 54.3 Å². The van der Waals surface area contributed by atoms with Crippen molar-refractivity contribution < 1.29 is 9.59 Å². The van der Waals surface area contributed by atoms with Crippen LogP contribution in [-0.4, -0.2) is 54.5 Å². The molecule has 6 nitrogen and oxygen atoms in total. The molecule has 2 aromatic carbocycles. The predicted octanol–water partition coefficient (Wildman–Crippen LogP) is 3.44. The van der Waals surface area contributed by atoms with Gasteiger partial charge in [-0.3, -0.25) is 9.69 Å². The van der Waals surface area contributed by atoms with E-state index in [1.54, 1.807) is 11.0 Å². The molecule has 0 unspecified atom stereocenters. The third kappa shape index (κ3) is 5.45. The number of carbonyl (C=O) groups excluding carboxylic acids is 2. The van der Waals surface area contributed by atoms with Crippen molar-refractivity contribution in [2.75, 3.05) is 43.4 Å². The molecule has 1 saturated heterocycles. The highest BCUT2D eigenvalue weighted by molar-refractivity contribution is 6.31. The number of hydrogen-bond donors (Lipinski definition) is 2. The van der Waals surface area contributed by atoms with Gasteiger partial charge >= 0.3 is 6.03 Å². The lowest BCUT2D eigenvalue weighted by molar-refractivity contribution is -0.117. The van der Waals surface area contributed by atoms with Gasteiger partial charge < -0.3 is 15.5 Å². The molecule has 7 heteroatoms. The summed E-state index contributed by atoms with van der Waals surface area (Å²) < 4.78 is 0. The fourth-order valence-electron chi connectivity index (χ4n) is 2.91. The van der Waals surface area contributed by atoms with Crippen molar-refractivity contribution in [1.82, 2.24) is 9.80 Å². The monoisotopic (exact) mass is 386 g/mol. The molecule has 1 fully saturated rings. The van der Waals surface area contributed by atoms with Gasteiger partial charge in [0.25, 0.3) is 0 Å². The lowest BCUT2D eigenvalue weighted by Crippen LogP contribution is -2.51. The Morgan fingerprint density at radius 3 is 2.33 bits per heavy atom. The van der Waals surface area contributed by atoms with E-state index in [-0.39, 0.29) is 11.9 Å². The molecule has 0 aliphatic carbocycles. The van der Waals surface area contributed by atoms with Crippen LogP contribution >= 0.6 is 11.6 Å². The summed E-state index contributed by atoms with van der Waals surface area (Å²) in [6, 6.07) is 14.7. The molecular formula is C20H23ClN4O2. The van der Waals surface area contributed by atoms with Gasteiger partial charge in [-0.15, -0.1) is 0 Å². The Morgan fingerprint density at radius 2 is 1.67 bits per heavy atom. The molecule has 0 radical (unpaired) electrons. The number of hydrogen-bond acceptors (Lipinski definition) is 3. The van der Waals surface area contributed by atoms with Crippen molar-refractivity contribution in [3.8, 4) is 0 Å². The Bertz CT molecular complexity index is 805. The Balaban J connectivity index is 1.44. The molecule has 2 aromatic rings. The lowest BCUT2D eigenvalue weighted by atomic mass is 10.2. The standard InChI is InChI=1S/C20H23ClN4O2/c1-15-7-8-17(13-18(15)21)23-20(27)25-11-9-24(10-12-25)14-19(26)22-16-5-3-2-4-6-16/h2-8,13H,9-12,14H2,1H3,(H,22,26)(H,23,27). The van der Waals surface area contributed by atoms with Crippen molar-refractivity contribution in [3.05, 3.63) is 59.1 Å². The highest BCUT2D eigenvalue weighted by atomic mass is 35.5. The average molecular weight is 387 g/mol. The molecule has 27 heavy (non-hydrogen) atoms. The third-order valence-corrected chi connectivity index (χ3v) is 4.91. The highest BCUT2D eigenvalue weighted by Crippen LogP contribution is 2.20. The van der Waals surface area contributed by atoms with E-state index in [4.69, 9.17) is 11.6 Å². The number of para-hydroxylation sites is 1. The van der Waals surface area contributed by atoms with Crippen molar-refractivity contribution in [3.63, 3.8) is 0 Å². The number of carbonyl (C=O) groups is 2. The van der Waals surface area contributed by atoms with Crippen molar-refractivity contribution in [2.45, 2.75) is 6.92 Å². The predicted molar refractivity (Wildman–Crippen MR) is 108 cm³/mol. The van der Waals surface area contributed by atoms with Crippen LogP contribution in [0.25, 0.3) is 0 Å². The number of nitrogens with one attached hydrogen (secondary N) is 2. The van der Waals surface area contributed by atoms with E-state index >= 15 is 0 Å². The number of halogens is 1. The number of rotatable bonds is 4. The SMILES string of the molecule is Cc1ccc(NC(=O)N2CCN(CC(=O)Nc3ccccc3)CC2)cc1Cl. The second-order valence-electron chi connectivity index (χ2n) is 6.57. The molecule has 0 spiro atoms. The summed E-state index contributed by atoms with van der Waals surface area (Å²) in [7, 11) is 0. The molecular weight excluding hydrogens is 364 g/mol. The Morgan fingerprint density at radius 1 is 0.963 bits per heavy atom. The molecule has 0 atom stereocenters. The highest BCUT2D eigenvalue weighted by Gasteiger charge is 2.22. The van der Waals surface area contributed by atoms with Gasteiger partial charge in [-0.25, -0.2) is 4.79 Å². The van der Waals surface area contributed by atoms with E-state index in [0.29, 0.717) is 43.4 Å². The maximum absolute atomic E-state index is 12.4. The van der Waals surface area contributed by atoms with Crippen LogP contribution in [0.2, 0.25) is 5.02 Å². The van der Waals surface area contributed by atoms with Crippen molar-refractivity contribution >= 4 is 34.9 Å². The Hall–Kier alpha value is -2.57. The smallest absolute Gasteiger partial charge is 0.321 e. The number of nitrogens with zero attached hydrogens (tertiary/aromatic N) is 2. The second-order valence-corrected chi connectivity index (χ2v) is 6.98. The summed E-state index contributed by atoms with van der Waals surface area (Å²) in [6.45, 7) is 4.70. The normalized spacial score (nSPS) is 14.7. The summed E-state index contributed by atoms with van der Waals surface area (Å²) in [4.78, 5) is 28.3.